The molecule has 2 aromatic carbocycles. The van der Waals surface area contributed by atoms with Crippen LogP contribution in [0.15, 0.2) is 85.5 Å². The molecule has 0 bridgehead atoms. The van der Waals surface area contributed by atoms with Gasteiger partial charge in [0.25, 0.3) is 0 Å². The minimum atomic E-state index is -1.30. The quantitative estimate of drug-likeness (QED) is 0.102. The third-order valence-electron chi connectivity index (χ3n) is 16.2. The molecule has 4 N–H and O–H groups in total. The molecule has 2 aromatic rings. The number of aliphatic hydroxyl groups excluding tert-OH is 4. The van der Waals surface area contributed by atoms with Crippen LogP contribution in [0.25, 0.3) is 12.2 Å². The van der Waals surface area contributed by atoms with Crippen LogP contribution in [-0.2, 0) is 19.1 Å². The van der Waals surface area contributed by atoms with Crippen LogP contribution in [0, 0.1) is 50.2 Å². The van der Waals surface area contributed by atoms with Crippen molar-refractivity contribution >= 4 is 24.1 Å². The van der Waals surface area contributed by atoms with Crippen LogP contribution in [0.2, 0.25) is 0 Å². The maximum atomic E-state index is 13.1. The minimum absolute atomic E-state index is 0.0582. The molecule has 4 fully saturated rings. The maximum Gasteiger partial charge on any atom is 0.330 e. The van der Waals surface area contributed by atoms with Gasteiger partial charge in [0.2, 0.25) is 0 Å². The first-order valence-electron chi connectivity index (χ1n) is 21.0. The van der Waals surface area contributed by atoms with E-state index >= 15 is 0 Å². The summed E-state index contributed by atoms with van der Waals surface area (Å²) in [6.45, 7) is 17.1. The molecule has 0 heterocycles. The number of rotatable bonds is 11. The molecule has 0 radical (unpaired) electrons. The first-order valence-corrected chi connectivity index (χ1v) is 21.0. The second-order valence-electron chi connectivity index (χ2n) is 19.7. The highest BCUT2D eigenvalue weighted by Crippen LogP contribution is 2.73. The van der Waals surface area contributed by atoms with E-state index in [1.807, 2.05) is 80.6 Å². The summed E-state index contributed by atoms with van der Waals surface area (Å²) in [5, 5.41) is 47.7. The third-order valence-corrected chi connectivity index (χ3v) is 16.2. The van der Waals surface area contributed by atoms with Gasteiger partial charge in [-0.25, -0.2) is 9.59 Å². The number of carbonyl (C=O) groups excluding carboxylic acids is 2. The van der Waals surface area contributed by atoms with E-state index in [1.165, 1.54) is 12.2 Å². The zero-order valence-corrected chi connectivity index (χ0v) is 34.9. The lowest BCUT2D eigenvalue weighted by atomic mass is 9.35. The number of allylic oxidation sites excluding steroid dienone is 1. The van der Waals surface area contributed by atoms with Crippen molar-refractivity contribution in [1.29, 1.82) is 0 Å². The molecule has 6 rings (SSSR count). The largest absolute Gasteiger partial charge is 0.462 e. The number of carbonyl (C=O) groups is 2. The standard InChI is InChI=1S/C49H66O8/c1-8-15-37-46(5)26-25-38(50)47(6,31-56-40(52)22-20-33-16-11-9-12-17-33)36(46)24-27-48(37,7)45(4)29-35-28-44(2,3)42(54)43(55)49(35,39(51)30-45)32-57-41(53)23-21-34-18-13-10-14-19-34/h8-14,16-23,35-39,42-43,50-51,54-55H,1,15,24-32H2,2-7H3/b22-20+,23-21+/t35?,36?,37?,38-,39+,42-,43-,45-,46-,47+,48+,49-/m0/s1. The zero-order chi connectivity index (χ0) is 41.4. The van der Waals surface area contributed by atoms with Gasteiger partial charge in [-0.15, -0.1) is 6.58 Å². The number of fused-ring (bicyclic) bond motifs is 2. The molecule has 0 aromatic heterocycles. The van der Waals surface area contributed by atoms with Crippen molar-refractivity contribution in [3.8, 4) is 0 Å². The summed E-state index contributed by atoms with van der Waals surface area (Å²) in [6.07, 6.45) is 9.50. The van der Waals surface area contributed by atoms with Crippen molar-refractivity contribution in [1.82, 2.24) is 0 Å². The molecule has 0 spiro atoms. The van der Waals surface area contributed by atoms with E-state index < -0.39 is 58.0 Å². The van der Waals surface area contributed by atoms with Gasteiger partial charge in [0.1, 0.15) is 6.61 Å². The van der Waals surface area contributed by atoms with E-state index in [1.54, 1.807) is 12.2 Å². The summed E-state index contributed by atoms with van der Waals surface area (Å²) in [5.74, 6) is -1.07. The topological polar surface area (TPSA) is 134 Å². The van der Waals surface area contributed by atoms with Gasteiger partial charge in [-0.3, -0.25) is 0 Å². The highest BCUT2D eigenvalue weighted by molar-refractivity contribution is 5.87. The molecular formula is C49H66O8. The minimum Gasteiger partial charge on any atom is -0.462 e. The van der Waals surface area contributed by atoms with E-state index in [9.17, 15) is 30.0 Å². The van der Waals surface area contributed by atoms with Gasteiger partial charge >= 0.3 is 11.9 Å². The molecule has 57 heavy (non-hydrogen) atoms. The van der Waals surface area contributed by atoms with Crippen molar-refractivity contribution in [3.05, 3.63) is 96.6 Å². The lowest BCUT2D eigenvalue weighted by Gasteiger charge is -2.70. The molecule has 0 aliphatic heterocycles. The van der Waals surface area contributed by atoms with Crippen LogP contribution < -0.4 is 0 Å². The molecule has 12 atom stereocenters. The number of esters is 2. The average molecular weight is 783 g/mol. The Morgan fingerprint density at radius 1 is 0.719 bits per heavy atom. The smallest absolute Gasteiger partial charge is 0.330 e. The monoisotopic (exact) mass is 782 g/mol. The average Bonchev–Trinajstić information content (AvgIpc) is 3.18. The van der Waals surface area contributed by atoms with Gasteiger partial charge in [0, 0.05) is 17.6 Å². The summed E-state index contributed by atoms with van der Waals surface area (Å²) < 4.78 is 11.8. The van der Waals surface area contributed by atoms with Gasteiger partial charge < -0.3 is 29.9 Å². The van der Waals surface area contributed by atoms with Crippen molar-refractivity contribution in [2.45, 2.75) is 117 Å². The van der Waals surface area contributed by atoms with E-state index in [0.29, 0.717) is 25.7 Å². The summed E-state index contributed by atoms with van der Waals surface area (Å²) >= 11 is 0. The first kappa shape index (κ1) is 43.0. The van der Waals surface area contributed by atoms with Gasteiger partial charge in [-0.1, -0.05) is 108 Å². The summed E-state index contributed by atoms with van der Waals surface area (Å²) in [6, 6.07) is 19.1. The van der Waals surface area contributed by atoms with Crippen molar-refractivity contribution in [3.63, 3.8) is 0 Å². The first-order chi connectivity index (χ1) is 26.9. The van der Waals surface area contributed by atoms with Gasteiger partial charge in [0.15, 0.2) is 0 Å². The van der Waals surface area contributed by atoms with Crippen LogP contribution in [0.4, 0.5) is 0 Å². The lowest BCUT2D eigenvalue weighted by Crippen LogP contribution is -2.70. The van der Waals surface area contributed by atoms with E-state index in [2.05, 4.69) is 34.3 Å². The van der Waals surface area contributed by atoms with E-state index in [0.717, 1.165) is 36.8 Å². The Bertz CT molecular complexity index is 1810. The second kappa shape index (κ2) is 16.2. The van der Waals surface area contributed by atoms with Gasteiger partial charge in [-0.2, -0.15) is 0 Å². The molecule has 8 heteroatoms. The molecule has 0 amide bonds. The predicted octanol–water partition coefficient (Wildman–Crippen LogP) is 8.19. The van der Waals surface area contributed by atoms with E-state index in [4.69, 9.17) is 9.47 Å². The number of aliphatic hydroxyl groups is 4. The van der Waals surface area contributed by atoms with E-state index in [-0.39, 0.29) is 41.8 Å². The molecule has 0 saturated heterocycles. The zero-order valence-electron chi connectivity index (χ0n) is 34.9. The molecule has 8 nitrogen and oxygen atoms in total. The predicted molar refractivity (Wildman–Crippen MR) is 223 cm³/mol. The molecule has 310 valence electrons. The molecule has 3 unspecified atom stereocenters. The number of benzene rings is 2. The van der Waals surface area contributed by atoms with Crippen molar-refractivity contribution < 1.29 is 39.5 Å². The SMILES string of the molecule is C=CCC1[C@@]2(C)CC[C@H](O)[C@](C)(COC(=O)/C=C/c3ccccc3)C2CC[C@@]1(C)[C@@]1(C)CC2CC(C)(C)[C@@H](O)[C@H](O)[C@]2(COC(=O)/C=C/c2ccccc2)[C@H](O)C1. The number of hydrogen-bond donors (Lipinski definition) is 4. The maximum absolute atomic E-state index is 13.1. The van der Waals surface area contributed by atoms with Crippen LogP contribution in [0.1, 0.15) is 104 Å². The molecule has 4 aliphatic rings. The van der Waals surface area contributed by atoms with Crippen molar-refractivity contribution in [2.24, 2.45) is 50.2 Å². The highest BCUT2D eigenvalue weighted by atomic mass is 16.5. The fourth-order valence-electron chi connectivity index (χ4n) is 12.6. The molecule has 4 aliphatic carbocycles. The Hall–Kier alpha value is -3.56. The normalized spacial score (nSPS) is 40.2. The molecule has 4 saturated carbocycles. The van der Waals surface area contributed by atoms with Crippen LogP contribution in [-0.4, -0.2) is 70.0 Å². The Kier molecular flexibility index (Phi) is 12.3. The van der Waals surface area contributed by atoms with Crippen LogP contribution in [0.5, 0.6) is 0 Å². The fourth-order valence-corrected chi connectivity index (χ4v) is 12.6. The Morgan fingerprint density at radius 2 is 1.28 bits per heavy atom. The second-order valence-corrected chi connectivity index (χ2v) is 19.7. The molecular weight excluding hydrogens is 717 g/mol. The number of hydrogen-bond acceptors (Lipinski definition) is 8. The third kappa shape index (κ3) is 7.72. The number of ether oxygens (including phenoxy) is 2. The summed E-state index contributed by atoms with van der Waals surface area (Å²) in [5.41, 5.74) is -1.74. The van der Waals surface area contributed by atoms with Crippen LogP contribution >= 0.6 is 0 Å². The Balaban J connectivity index is 1.27. The fraction of sp³-hybridized carbons (Fsp3) is 0.592. The Morgan fingerprint density at radius 3 is 1.84 bits per heavy atom. The Labute approximate surface area is 340 Å². The van der Waals surface area contributed by atoms with Gasteiger partial charge in [0.05, 0.1) is 36.4 Å². The lowest BCUT2D eigenvalue weighted by molar-refractivity contribution is -0.276. The summed E-state index contributed by atoms with van der Waals surface area (Å²) in [4.78, 5) is 26.1. The van der Waals surface area contributed by atoms with Crippen molar-refractivity contribution in [2.75, 3.05) is 13.2 Å². The van der Waals surface area contributed by atoms with Crippen LogP contribution in [0.3, 0.4) is 0 Å². The summed E-state index contributed by atoms with van der Waals surface area (Å²) in [7, 11) is 0. The highest BCUT2D eigenvalue weighted by Gasteiger charge is 2.70. The van der Waals surface area contributed by atoms with Gasteiger partial charge in [-0.05, 0) is 114 Å².